The van der Waals surface area contributed by atoms with Gasteiger partial charge in [0, 0.05) is 0 Å². The quantitative estimate of drug-likeness (QED) is 0.607. The first-order valence-electron chi connectivity index (χ1n) is 7.03. The molecule has 0 unspecified atom stereocenters. The minimum atomic E-state index is -0.605. The number of rotatable bonds is 5. The Morgan fingerprint density at radius 1 is 1.43 bits per heavy atom. The first-order valence-corrected chi connectivity index (χ1v) is 7.85. The molecule has 0 aliphatic carbocycles. The third-order valence-corrected chi connectivity index (χ3v) is 3.71. The second-order valence-electron chi connectivity index (χ2n) is 5.21. The number of amides is 2. The summed E-state index contributed by atoms with van der Waals surface area (Å²) < 4.78 is 10.1. The molecule has 0 spiro atoms. The second-order valence-corrected chi connectivity index (χ2v) is 6.20. The highest BCUT2D eigenvalue weighted by atomic mass is 32.2. The van der Waals surface area contributed by atoms with Crippen molar-refractivity contribution in [2.75, 3.05) is 6.54 Å². The average Bonchev–Trinajstić information content (AvgIpc) is 3.02. The molecule has 2 heterocycles. The van der Waals surface area contributed by atoms with Crippen molar-refractivity contribution < 1.29 is 23.5 Å². The molecule has 0 N–H and O–H groups in total. The van der Waals surface area contributed by atoms with Crippen LogP contribution >= 0.6 is 11.8 Å². The summed E-state index contributed by atoms with van der Waals surface area (Å²) in [6, 6.07) is 3.54. The van der Waals surface area contributed by atoms with Gasteiger partial charge >= 0.3 is 5.97 Å². The third kappa shape index (κ3) is 4.59. The largest absolute Gasteiger partial charge is 0.465 e. The SMILES string of the molecule is CC(/C=C1\SC(=O)N(CC(=O)OC(C)C)C1=O)=C\c1ccco1. The highest BCUT2D eigenvalue weighted by Gasteiger charge is 2.36. The Bertz CT molecular complexity index is 673. The molecule has 0 saturated carbocycles. The Morgan fingerprint density at radius 2 is 2.17 bits per heavy atom. The van der Waals surface area contributed by atoms with Crippen LogP contribution in [0, 0.1) is 0 Å². The zero-order chi connectivity index (χ0) is 17.0. The number of carbonyl (C=O) groups is 3. The molecule has 7 heteroatoms. The summed E-state index contributed by atoms with van der Waals surface area (Å²) in [7, 11) is 0. The number of thioether (sulfide) groups is 1. The first kappa shape index (κ1) is 17.1. The number of nitrogens with zero attached hydrogens (tertiary/aromatic N) is 1. The standard InChI is InChI=1S/C16H17NO5S/c1-10(2)22-14(18)9-17-15(19)13(23-16(17)20)8-11(3)7-12-5-4-6-21-12/h4-8,10H,9H2,1-3H3/b11-7+,13-8-. The molecule has 6 nitrogen and oxygen atoms in total. The molecule has 0 atom stereocenters. The van der Waals surface area contributed by atoms with Gasteiger partial charge in [-0.3, -0.25) is 19.3 Å². The van der Waals surface area contributed by atoms with Gasteiger partial charge in [0.2, 0.25) is 0 Å². The van der Waals surface area contributed by atoms with Crippen molar-refractivity contribution in [2.24, 2.45) is 0 Å². The van der Waals surface area contributed by atoms with Crippen LogP contribution in [0.4, 0.5) is 4.79 Å². The van der Waals surface area contributed by atoms with E-state index >= 15 is 0 Å². The Balaban J connectivity index is 2.08. The molecule has 2 rings (SSSR count). The molecule has 0 radical (unpaired) electrons. The van der Waals surface area contributed by atoms with E-state index in [1.807, 2.05) is 0 Å². The topological polar surface area (TPSA) is 76.8 Å². The molecule has 1 aromatic heterocycles. The summed E-state index contributed by atoms with van der Waals surface area (Å²) in [5.41, 5.74) is 0.759. The fourth-order valence-corrected chi connectivity index (χ4v) is 2.80. The lowest BCUT2D eigenvalue weighted by Crippen LogP contribution is -2.35. The van der Waals surface area contributed by atoms with Gasteiger partial charge in [0.25, 0.3) is 11.1 Å². The number of allylic oxidation sites excluding steroid dienone is 2. The van der Waals surface area contributed by atoms with Crippen LogP contribution in [0.3, 0.4) is 0 Å². The first-order chi connectivity index (χ1) is 10.9. The normalized spacial score (nSPS) is 17.5. The van der Waals surface area contributed by atoms with Gasteiger partial charge in [0.1, 0.15) is 12.3 Å². The van der Waals surface area contributed by atoms with E-state index in [9.17, 15) is 14.4 Å². The van der Waals surface area contributed by atoms with E-state index in [1.54, 1.807) is 51.3 Å². The van der Waals surface area contributed by atoms with Crippen LogP contribution in [0.25, 0.3) is 6.08 Å². The molecule has 23 heavy (non-hydrogen) atoms. The molecule has 2 amide bonds. The van der Waals surface area contributed by atoms with Crippen molar-refractivity contribution in [1.82, 2.24) is 4.90 Å². The molecule has 1 fully saturated rings. The van der Waals surface area contributed by atoms with E-state index in [0.29, 0.717) is 5.76 Å². The zero-order valence-corrected chi connectivity index (χ0v) is 13.9. The summed E-state index contributed by atoms with van der Waals surface area (Å²) in [4.78, 5) is 36.9. The molecule has 1 aliphatic heterocycles. The number of ether oxygens (including phenoxy) is 1. The van der Waals surface area contributed by atoms with Gasteiger partial charge in [-0.1, -0.05) is 0 Å². The number of furan rings is 1. The van der Waals surface area contributed by atoms with E-state index < -0.39 is 17.1 Å². The molecule has 0 bridgehead atoms. The Labute approximate surface area is 138 Å². The van der Waals surface area contributed by atoms with Crippen molar-refractivity contribution in [3.05, 3.63) is 40.7 Å². The molecular formula is C16H17NO5S. The predicted molar refractivity (Wildman–Crippen MR) is 86.4 cm³/mol. The van der Waals surface area contributed by atoms with E-state index in [1.165, 1.54) is 0 Å². The van der Waals surface area contributed by atoms with Gasteiger partial charge in [-0.25, -0.2) is 0 Å². The summed E-state index contributed by atoms with van der Waals surface area (Å²) in [6.45, 7) is 4.83. The van der Waals surface area contributed by atoms with Gasteiger partial charge < -0.3 is 9.15 Å². The van der Waals surface area contributed by atoms with E-state index in [2.05, 4.69) is 0 Å². The smallest absolute Gasteiger partial charge is 0.326 e. The Kier molecular flexibility index (Phi) is 5.44. The van der Waals surface area contributed by atoms with Crippen molar-refractivity contribution >= 4 is 35.0 Å². The highest BCUT2D eigenvalue weighted by molar-refractivity contribution is 8.18. The summed E-state index contributed by atoms with van der Waals surface area (Å²) in [5, 5.41) is -0.479. The van der Waals surface area contributed by atoms with Crippen LogP contribution in [-0.2, 0) is 14.3 Å². The van der Waals surface area contributed by atoms with Crippen LogP contribution in [0.15, 0.2) is 39.4 Å². The number of esters is 1. The number of imide groups is 1. The predicted octanol–water partition coefficient (Wildman–Crippen LogP) is 3.21. The Hall–Kier alpha value is -2.28. The minimum Gasteiger partial charge on any atom is -0.465 e. The van der Waals surface area contributed by atoms with Crippen molar-refractivity contribution in [3.8, 4) is 0 Å². The summed E-state index contributed by atoms with van der Waals surface area (Å²) in [6.07, 6.45) is 4.60. The van der Waals surface area contributed by atoms with Gasteiger partial charge in [0.15, 0.2) is 0 Å². The average molecular weight is 335 g/mol. The molecular weight excluding hydrogens is 318 g/mol. The molecule has 1 saturated heterocycles. The Morgan fingerprint density at radius 3 is 2.78 bits per heavy atom. The highest BCUT2D eigenvalue weighted by Crippen LogP contribution is 2.31. The maximum absolute atomic E-state index is 12.2. The van der Waals surface area contributed by atoms with Crippen LogP contribution in [0.2, 0.25) is 0 Å². The van der Waals surface area contributed by atoms with Gasteiger partial charge in [-0.05, 0) is 62.4 Å². The van der Waals surface area contributed by atoms with Gasteiger partial charge in [-0.2, -0.15) is 0 Å². The van der Waals surface area contributed by atoms with Crippen molar-refractivity contribution in [2.45, 2.75) is 26.9 Å². The molecule has 0 aromatic carbocycles. The number of carbonyl (C=O) groups excluding carboxylic acids is 3. The van der Waals surface area contributed by atoms with E-state index in [0.717, 1.165) is 22.2 Å². The van der Waals surface area contributed by atoms with E-state index in [-0.39, 0.29) is 17.6 Å². The summed E-state index contributed by atoms with van der Waals surface area (Å²) in [5.74, 6) is -0.446. The molecule has 122 valence electrons. The lowest BCUT2D eigenvalue weighted by molar-refractivity contribution is -0.149. The lowest BCUT2D eigenvalue weighted by Gasteiger charge is -2.13. The number of hydrogen-bond donors (Lipinski definition) is 0. The number of hydrogen-bond acceptors (Lipinski definition) is 6. The van der Waals surface area contributed by atoms with Gasteiger partial charge in [0.05, 0.1) is 17.3 Å². The maximum atomic E-state index is 12.2. The van der Waals surface area contributed by atoms with Crippen molar-refractivity contribution in [3.63, 3.8) is 0 Å². The molecule has 1 aromatic rings. The third-order valence-electron chi connectivity index (χ3n) is 2.80. The lowest BCUT2D eigenvalue weighted by atomic mass is 10.2. The van der Waals surface area contributed by atoms with Crippen LogP contribution < -0.4 is 0 Å². The van der Waals surface area contributed by atoms with Crippen molar-refractivity contribution in [1.29, 1.82) is 0 Å². The van der Waals surface area contributed by atoms with Crippen LogP contribution in [-0.4, -0.2) is 34.7 Å². The zero-order valence-electron chi connectivity index (χ0n) is 13.1. The fraction of sp³-hybridized carbons (Fsp3) is 0.312. The van der Waals surface area contributed by atoms with E-state index in [4.69, 9.17) is 9.15 Å². The maximum Gasteiger partial charge on any atom is 0.326 e. The second kappa shape index (κ2) is 7.32. The fourth-order valence-electron chi connectivity index (χ4n) is 1.91. The van der Waals surface area contributed by atoms with Crippen LogP contribution in [0.1, 0.15) is 26.5 Å². The molecule has 1 aliphatic rings. The monoisotopic (exact) mass is 335 g/mol. The summed E-state index contributed by atoms with van der Waals surface area (Å²) >= 11 is 0.803. The minimum absolute atomic E-state index is 0.271. The van der Waals surface area contributed by atoms with Crippen LogP contribution in [0.5, 0.6) is 0 Å². The van der Waals surface area contributed by atoms with Gasteiger partial charge in [-0.15, -0.1) is 0 Å².